The van der Waals surface area contributed by atoms with Gasteiger partial charge in [-0.3, -0.25) is 10.1 Å². The molecule has 0 aliphatic carbocycles. The topological polar surface area (TPSA) is 187 Å². The maximum Gasteiger partial charge on any atom is 0.307 e. The summed E-state index contributed by atoms with van der Waals surface area (Å²) >= 11 is 0. The van der Waals surface area contributed by atoms with Crippen molar-refractivity contribution < 1.29 is 50.6 Å². The molecule has 12 nitrogen and oxygen atoms in total. The summed E-state index contributed by atoms with van der Waals surface area (Å²) in [4.78, 5) is 16.9. The highest BCUT2D eigenvalue weighted by molar-refractivity contribution is 7.85. The number of anilines is 1. The largest absolute Gasteiger partial charge is 0.747 e. The molecule has 0 bridgehead atoms. The van der Waals surface area contributed by atoms with Gasteiger partial charge in [0.15, 0.2) is 15.8 Å². The van der Waals surface area contributed by atoms with E-state index in [9.17, 15) is 35.8 Å². The first kappa shape index (κ1) is 34.2. The molecule has 2 aliphatic rings. The van der Waals surface area contributed by atoms with Gasteiger partial charge in [-0.05, 0) is 55.2 Å². The molecule has 0 saturated heterocycles. The summed E-state index contributed by atoms with van der Waals surface area (Å²) in [6, 6.07) is 10.3. The number of hydrogen-bond donors (Lipinski definition) is 2. The number of carboxylic acids is 1. The van der Waals surface area contributed by atoms with E-state index in [2.05, 4.69) is 4.89 Å². The summed E-state index contributed by atoms with van der Waals surface area (Å²) in [5.41, 5.74) is 3.54. The van der Waals surface area contributed by atoms with Gasteiger partial charge in [0.25, 0.3) is 0 Å². The number of benzene rings is 2. The third-order valence-electron chi connectivity index (χ3n) is 8.05. The Kier molecular flexibility index (Phi) is 9.59. The quantitative estimate of drug-likeness (QED) is 0.112. The normalized spacial score (nSPS) is 18.4. The zero-order valence-electron chi connectivity index (χ0n) is 25.3. The molecule has 0 saturated carbocycles. The molecule has 0 spiro atoms. The van der Waals surface area contributed by atoms with Crippen molar-refractivity contribution in [1.82, 2.24) is 0 Å². The molecule has 2 heterocycles. The molecular formula is C31H35N2O10S2-. The minimum absolute atomic E-state index is 0.0816. The van der Waals surface area contributed by atoms with Crippen molar-refractivity contribution in [3.63, 3.8) is 0 Å². The van der Waals surface area contributed by atoms with E-state index in [1.54, 1.807) is 60.7 Å². The molecule has 2 aliphatic heterocycles. The third kappa shape index (κ3) is 7.60. The van der Waals surface area contributed by atoms with Crippen LogP contribution in [0.2, 0.25) is 0 Å². The van der Waals surface area contributed by atoms with E-state index in [1.807, 2.05) is 33.8 Å². The van der Waals surface area contributed by atoms with E-state index >= 15 is 0 Å². The zero-order chi connectivity index (χ0) is 33.4. The van der Waals surface area contributed by atoms with Gasteiger partial charge in [-0.2, -0.15) is 4.58 Å². The van der Waals surface area contributed by atoms with Crippen LogP contribution in [-0.4, -0.2) is 70.9 Å². The molecular weight excluding hydrogens is 624 g/mol. The molecule has 0 atom stereocenters. The average molecular weight is 660 g/mol. The van der Waals surface area contributed by atoms with E-state index < -0.39 is 48.8 Å². The van der Waals surface area contributed by atoms with E-state index in [0.29, 0.717) is 40.3 Å². The first-order valence-electron chi connectivity index (χ1n) is 14.0. The van der Waals surface area contributed by atoms with Gasteiger partial charge in [0.2, 0.25) is 11.6 Å². The van der Waals surface area contributed by atoms with Crippen LogP contribution < -0.4 is 4.90 Å². The zero-order valence-corrected chi connectivity index (χ0v) is 26.9. The Morgan fingerprint density at radius 2 is 1.60 bits per heavy atom. The first-order valence-corrected chi connectivity index (χ1v) is 17.1. The molecule has 2 N–H and O–H groups in total. The molecule has 2 aromatic carbocycles. The van der Waals surface area contributed by atoms with Gasteiger partial charge < -0.3 is 19.1 Å². The molecule has 2 aromatic rings. The molecule has 0 fully saturated rings. The Labute approximate surface area is 262 Å². The minimum atomic E-state index is -4.68. The number of fused-ring (bicyclic) bond motifs is 2. The highest BCUT2D eigenvalue weighted by atomic mass is 32.2. The van der Waals surface area contributed by atoms with Gasteiger partial charge in [-0.15, -0.1) is 0 Å². The van der Waals surface area contributed by atoms with Gasteiger partial charge in [0.1, 0.15) is 16.0 Å². The second-order valence-corrected chi connectivity index (χ2v) is 14.8. The second-order valence-electron chi connectivity index (χ2n) is 12.0. The average Bonchev–Trinajstić information content (AvgIpc) is 3.23. The SMILES string of the molecule is CC1(C)C(/C=C/C=C/C=C2/N(CS(=O)(=O)[O-])c3ccc(CC(=O)O)cc3C2(C)C)=[N+](CS(=O)(=O)[O-])c2ccc(CCOO)cc21. The van der Waals surface area contributed by atoms with Crippen molar-refractivity contribution in [2.45, 2.75) is 51.4 Å². The molecule has 14 heteroatoms. The summed E-state index contributed by atoms with van der Waals surface area (Å²) < 4.78 is 72.5. The number of allylic oxidation sites excluding steroid dienone is 6. The fourth-order valence-electron chi connectivity index (χ4n) is 6.00. The molecule has 45 heavy (non-hydrogen) atoms. The van der Waals surface area contributed by atoms with Crippen LogP contribution in [0.25, 0.3) is 0 Å². The number of aliphatic carboxylic acids is 1. The van der Waals surface area contributed by atoms with E-state index in [4.69, 9.17) is 5.26 Å². The number of carboxylic acid groups (broad SMARTS) is 1. The molecule has 0 radical (unpaired) electrons. The van der Waals surface area contributed by atoms with Crippen molar-refractivity contribution in [1.29, 1.82) is 0 Å². The maximum atomic E-state index is 11.8. The molecule has 4 rings (SSSR count). The Balaban J connectivity index is 1.70. The van der Waals surface area contributed by atoms with Gasteiger partial charge >= 0.3 is 5.97 Å². The lowest BCUT2D eigenvalue weighted by atomic mass is 9.80. The summed E-state index contributed by atoms with van der Waals surface area (Å²) in [5, 5.41) is 18.0. The van der Waals surface area contributed by atoms with Gasteiger partial charge in [-0.25, -0.2) is 21.7 Å². The van der Waals surface area contributed by atoms with Crippen LogP contribution in [0.4, 0.5) is 11.4 Å². The Hall–Kier alpha value is -3.66. The van der Waals surface area contributed by atoms with Crippen LogP contribution in [-0.2, 0) is 53.6 Å². The Bertz CT molecular complexity index is 1850. The van der Waals surface area contributed by atoms with Crippen LogP contribution in [0.5, 0.6) is 0 Å². The minimum Gasteiger partial charge on any atom is -0.747 e. The number of rotatable bonds is 12. The van der Waals surface area contributed by atoms with Crippen LogP contribution in [0, 0.1) is 0 Å². The van der Waals surface area contributed by atoms with E-state index in [1.165, 1.54) is 9.48 Å². The van der Waals surface area contributed by atoms with Gasteiger partial charge in [-0.1, -0.05) is 50.3 Å². The Morgan fingerprint density at radius 1 is 0.933 bits per heavy atom. The van der Waals surface area contributed by atoms with Gasteiger partial charge in [0, 0.05) is 34.5 Å². The lowest BCUT2D eigenvalue weighted by Gasteiger charge is -2.27. The Morgan fingerprint density at radius 3 is 2.22 bits per heavy atom. The highest BCUT2D eigenvalue weighted by Gasteiger charge is 2.45. The van der Waals surface area contributed by atoms with Crippen LogP contribution in [0.15, 0.2) is 72.5 Å². The monoisotopic (exact) mass is 659 g/mol. The smallest absolute Gasteiger partial charge is 0.307 e. The third-order valence-corrected chi connectivity index (χ3v) is 9.20. The van der Waals surface area contributed by atoms with Crippen molar-refractivity contribution in [3.8, 4) is 0 Å². The number of hydrogen-bond acceptors (Lipinski definition) is 10. The van der Waals surface area contributed by atoms with Crippen LogP contribution in [0.3, 0.4) is 0 Å². The van der Waals surface area contributed by atoms with Gasteiger partial charge in [0.05, 0.1) is 18.4 Å². The molecule has 0 amide bonds. The number of nitrogens with zero attached hydrogens (tertiary/aromatic N) is 2. The molecule has 0 unspecified atom stereocenters. The summed E-state index contributed by atoms with van der Waals surface area (Å²) in [5.74, 6) is -2.60. The molecule has 0 aromatic heterocycles. The number of carbonyl (C=O) groups is 1. The predicted octanol–water partition coefficient (Wildman–Crippen LogP) is 3.52. The van der Waals surface area contributed by atoms with Crippen molar-refractivity contribution in [2.75, 3.05) is 23.3 Å². The fourth-order valence-corrected chi connectivity index (χ4v) is 7.19. The first-order chi connectivity index (χ1) is 20.8. The predicted molar refractivity (Wildman–Crippen MR) is 165 cm³/mol. The summed E-state index contributed by atoms with van der Waals surface area (Å²) in [6.45, 7) is 7.58. The standard InChI is InChI=1S/C31H36N2O10S2/c1-30(2)23-16-21(14-15-43-36)10-12-25(23)32(19-44(37,38)39)27(30)8-6-5-7-9-28-31(3,4)24-17-22(18-29(34)35)11-13-26(24)33(28)20-45(40,41)42/h5-13,16-17H,14-15,18-20H2,1-4H3,(H3-,34,35,36,37,38,39,40,41,42)/p-1. The molecule has 242 valence electrons. The summed E-state index contributed by atoms with van der Waals surface area (Å²) in [6.07, 6.45) is 8.55. The lowest BCUT2D eigenvalue weighted by molar-refractivity contribution is -0.416. The van der Waals surface area contributed by atoms with E-state index in [0.717, 1.165) is 11.1 Å². The maximum absolute atomic E-state index is 11.8. The fraction of sp³-hybridized carbons (Fsp3) is 0.355. The van der Waals surface area contributed by atoms with Crippen LogP contribution >= 0.6 is 0 Å². The van der Waals surface area contributed by atoms with Crippen molar-refractivity contribution in [2.24, 2.45) is 0 Å². The van der Waals surface area contributed by atoms with Crippen molar-refractivity contribution >= 4 is 43.3 Å². The van der Waals surface area contributed by atoms with E-state index in [-0.39, 0.29) is 13.0 Å². The highest BCUT2D eigenvalue weighted by Crippen LogP contribution is 2.48. The van der Waals surface area contributed by atoms with Crippen LogP contribution in [0.1, 0.15) is 49.9 Å². The lowest BCUT2D eigenvalue weighted by Crippen LogP contribution is -2.30. The summed E-state index contributed by atoms with van der Waals surface area (Å²) in [7, 11) is -9.32. The van der Waals surface area contributed by atoms with Crippen molar-refractivity contribution in [3.05, 3.63) is 94.7 Å². The second kappa shape index (κ2) is 12.6.